The monoisotopic (exact) mass is 372 g/mol. The largest absolute Gasteiger partial charge is 0.376 e. The fraction of sp³-hybridized carbons (Fsp3) is 0.550. The minimum Gasteiger partial charge on any atom is -0.376 e. The van der Waals surface area contributed by atoms with E-state index in [2.05, 4.69) is 25.1 Å². The highest BCUT2D eigenvalue weighted by Crippen LogP contribution is 2.24. The first kappa shape index (κ1) is 20.2. The lowest BCUT2D eigenvalue weighted by Crippen LogP contribution is -2.56. The molecule has 1 amide bonds. The topological polar surface area (TPSA) is 73.4 Å². The lowest BCUT2D eigenvalue weighted by atomic mass is 9.95. The molecular formula is C20H28N4OS. The average Bonchev–Trinajstić information content (AvgIpc) is 3.13. The minimum atomic E-state index is -0.421. The maximum Gasteiger partial charge on any atom is 0.246 e. The zero-order chi connectivity index (χ0) is 19.1. The molecule has 0 saturated carbocycles. The average molecular weight is 373 g/mol. The Balaban J connectivity index is 2.22. The second-order valence-electron chi connectivity index (χ2n) is 6.92. The van der Waals surface area contributed by atoms with E-state index in [1.54, 1.807) is 4.90 Å². The van der Waals surface area contributed by atoms with Crippen molar-refractivity contribution in [3.63, 3.8) is 0 Å². The van der Waals surface area contributed by atoms with E-state index in [1.807, 2.05) is 30.0 Å². The third kappa shape index (κ3) is 4.73. The number of rotatable bonds is 7. The zero-order valence-corrected chi connectivity index (χ0v) is 16.4. The molecule has 0 bridgehead atoms. The number of likely N-dealkylation sites (tertiary alicyclic amines) is 1. The third-order valence-corrected chi connectivity index (χ3v) is 5.46. The maximum absolute atomic E-state index is 13.3. The summed E-state index contributed by atoms with van der Waals surface area (Å²) in [5.74, 6) is 0.0731. The van der Waals surface area contributed by atoms with E-state index >= 15 is 0 Å². The summed E-state index contributed by atoms with van der Waals surface area (Å²) in [5, 5.41) is 9.60. The SMILES string of the molecule is CCC(C)[C@@H](C(=O)N1CCC[C@H]1C#N)N(CCc1ccccc1)C(N)=S. The van der Waals surface area contributed by atoms with Crippen molar-refractivity contribution in [2.45, 2.75) is 51.6 Å². The van der Waals surface area contributed by atoms with E-state index in [-0.39, 0.29) is 23.0 Å². The predicted octanol–water partition coefficient (Wildman–Crippen LogP) is 2.70. The first-order valence-corrected chi connectivity index (χ1v) is 9.70. The fourth-order valence-corrected chi connectivity index (χ4v) is 3.73. The highest BCUT2D eigenvalue weighted by Gasteiger charge is 2.38. The van der Waals surface area contributed by atoms with Crippen molar-refractivity contribution >= 4 is 23.2 Å². The van der Waals surface area contributed by atoms with Crippen LogP contribution in [-0.2, 0) is 11.2 Å². The Kier molecular flexibility index (Phi) is 7.40. The molecule has 1 aromatic carbocycles. The van der Waals surface area contributed by atoms with Crippen molar-refractivity contribution in [2.75, 3.05) is 13.1 Å². The Morgan fingerprint density at radius 2 is 2.15 bits per heavy atom. The van der Waals surface area contributed by atoms with Gasteiger partial charge in [-0.1, -0.05) is 50.6 Å². The molecule has 0 aromatic heterocycles. The second-order valence-corrected chi connectivity index (χ2v) is 7.33. The van der Waals surface area contributed by atoms with E-state index in [0.717, 1.165) is 25.7 Å². The molecule has 26 heavy (non-hydrogen) atoms. The molecule has 1 aliphatic heterocycles. The molecule has 1 saturated heterocycles. The van der Waals surface area contributed by atoms with Gasteiger partial charge in [-0.05, 0) is 43.0 Å². The van der Waals surface area contributed by atoms with Crippen molar-refractivity contribution in [3.8, 4) is 6.07 Å². The Morgan fingerprint density at radius 3 is 2.73 bits per heavy atom. The van der Waals surface area contributed by atoms with Gasteiger partial charge in [0.2, 0.25) is 5.91 Å². The minimum absolute atomic E-state index is 0.0238. The van der Waals surface area contributed by atoms with Crippen LogP contribution in [0.15, 0.2) is 30.3 Å². The first-order chi connectivity index (χ1) is 12.5. The standard InChI is InChI=1S/C20H28N4OS/c1-3-15(2)18(19(25)23-12-7-10-17(23)14-21)24(20(22)26)13-11-16-8-5-4-6-9-16/h4-6,8-9,15,17-18H,3,7,10-13H2,1-2H3,(H2,22,26)/t15?,17-,18-/m0/s1. The molecule has 140 valence electrons. The molecule has 0 radical (unpaired) electrons. The highest BCUT2D eigenvalue weighted by molar-refractivity contribution is 7.80. The maximum atomic E-state index is 13.3. The summed E-state index contributed by atoms with van der Waals surface area (Å²) in [5.41, 5.74) is 7.20. The van der Waals surface area contributed by atoms with Gasteiger partial charge in [-0.15, -0.1) is 0 Å². The summed E-state index contributed by atoms with van der Waals surface area (Å²) in [6.45, 7) is 5.33. The molecule has 6 heteroatoms. The molecule has 1 aromatic rings. The molecule has 0 spiro atoms. The van der Waals surface area contributed by atoms with Crippen LogP contribution in [0.1, 0.15) is 38.7 Å². The summed E-state index contributed by atoms with van der Waals surface area (Å²) in [4.78, 5) is 16.9. The van der Waals surface area contributed by atoms with Crippen LogP contribution in [0.5, 0.6) is 0 Å². The number of nitrogens with zero attached hydrogens (tertiary/aromatic N) is 3. The summed E-state index contributed by atoms with van der Waals surface area (Å²) in [7, 11) is 0. The van der Waals surface area contributed by atoms with Crippen LogP contribution in [0.3, 0.4) is 0 Å². The molecule has 2 rings (SSSR count). The quantitative estimate of drug-likeness (QED) is 0.745. The van der Waals surface area contributed by atoms with Crippen molar-refractivity contribution in [1.29, 1.82) is 5.26 Å². The van der Waals surface area contributed by atoms with Crippen molar-refractivity contribution < 1.29 is 4.79 Å². The number of thiocarbonyl (C=S) groups is 1. The number of nitriles is 1. The number of hydrogen-bond donors (Lipinski definition) is 1. The number of amides is 1. The van der Waals surface area contributed by atoms with Gasteiger partial charge < -0.3 is 15.5 Å². The van der Waals surface area contributed by atoms with Gasteiger partial charge in [-0.2, -0.15) is 5.26 Å². The predicted molar refractivity (Wildman–Crippen MR) is 107 cm³/mol. The second kappa shape index (κ2) is 9.54. The Labute approximate surface area is 161 Å². The Morgan fingerprint density at radius 1 is 1.46 bits per heavy atom. The van der Waals surface area contributed by atoms with Gasteiger partial charge in [0.15, 0.2) is 5.11 Å². The van der Waals surface area contributed by atoms with Crippen LogP contribution < -0.4 is 5.73 Å². The molecule has 2 N–H and O–H groups in total. The van der Waals surface area contributed by atoms with Gasteiger partial charge in [0.05, 0.1) is 6.07 Å². The number of hydrogen-bond acceptors (Lipinski definition) is 3. The van der Waals surface area contributed by atoms with Crippen molar-refractivity contribution in [2.24, 2.45) is 11.7 Å². The van der Waals surface area contributed by atoms with Gasteiger partial charge in [-0.25, -0.2) is 0 Å². The van der Waals surface area contributed by atoms with Crippen molar-refractivity contribution in [3.05, 3.63) is 35.9 Å². The Hall–Kier alpha value is -2.13. The van der Waals surface area contributed by atoms with Gasteiger partial charge in [0.1, 0.15) is 12.1 Å². The molecular weight excluding hydrogens is 344 g/mol. The van der Waals surface area contributed by atoms with Crippen LogP contribution in [0.25, 0.3) is 0 Å². The molecule has 3 atom stereocenters. The molecule has 1 aliphatic rings. The summed E-state index contributed by atoms with van der Waals surface area (Å²) < 4.78 is 0. The van der Waals surface area contributed by atoms with Gasteiger partial charge in [0, 0.05) is 13.1 Å². The van der Waals surface area contributed by atoms with Crippen LogP contribution >= 0.6 is 12.2 Å². The number of nitrogens with two attached hydrogens (primary N) is 1. The molecule has 1 heterocycles. The molecule has 0 aliphatic carbocycles. The van der Waals surface area contributed by atoms with E-state index in [1.165, 1.54) is 5.56 Å². The van der Waals surface area contributed by atoms with Gasteiger partial charge in [-0.3, -0.25) is 4.79 Å². The van der Waals surface area contributed by atoms with Crippen molar-refractivity contribution in [1.82, 2.24) is 9.80 Å². The summed E-state index contributed by atoms with van der Waals surface area (Å²) in [6, 6.07) is 11.6. The first-order valence-electron chi connectivity index (χ1n) is 9.29. The normalized spacial score (nSPS) is 18.8. The van der Waals surface area contributed by atoms with E-state index < -0.39 is 6.04 Å². The molecule has 5 nitrogen and oxygen atoms in total. The van der Waals surface area contributed by atoms with Crippen LogP contribution in [0.4, 0.5) is 0 Å². The zero-order valence-electron chi connectivity index (χ0n) is 15.6. The number of carbonyl (C=O) groups excluding carboxylic acids is 1. The van der Waals surface area contributed by atoms with Crippen LogP contribution in [0.2, 0.25) is 0 Å². The van der Waals surface area contributed by atoms with Gasteiger partial charge >= 0.3 is 0 Å². The summed E-state index contributed by atoms with van der Waals surface area (Å²) >= 11 is 5.30. The van der Waals surface area contributed by atoms with E-state index in [9.17, 15) is 10.1 Å². The lowest BCUT2D eigenvalue weighted by Gasteiger charge is -2.37. The van der Waals surface area contributed by atoms with E-state index in [0.29, 0.717) is 13.1 Å². The smallest absolute Gasteiger partial charge is 0.246 e. The Bertz CT molecular complexity index is 658. The number of carbonyl (C=O) groups is 1. The highest BCUT2D eigenvalue weighted by atomic mass is 32.1. The number of benzene rings is 1. The van der Waals surface area contributed by atoms with E-state index in [4.69, 9.17) is 18.0 Å². The van der Waals surface area contributed by atoms with Crippen LogP contribution in [0, 0.1) is 17.2 Å². The fourth-order valence-electron chi connectivity index (χ4n) is 3.52. The molecule has 1 fully saturated rings. The third-order valence-electron chi connectivity index (χ3n) is 5.22. The van der Waals surface area contributed by atoms with Crippen LogP contribution in [-0.4, -0.2) is 46.0 Å². The van der Waals surface area contributed by atoms with Gasteiger partial charge in [0.25, 0.3) is 0 Å². The summed E-state index contributed by atoms with van der Waals surface area (Å²) in [6.07, 6.45) is 3.22. The lowest BCUT2D eigenvalue weighted by molar-refractivity contribution is -0.137. The molecule has 1 unspecified atom stereocenters.